The van der Waals surface area contributed by atoms with E-state index in [1.807, 2.05) is 0 Å². The first-order valence-electron chi connectivity index (χ1n) is 3.86. The molecule has 0 aromatic heterocycles. The second-order valence-corrected chi connectivity index (χ2v) is 3.12. The molecular weight excluding hydrogens is 157 g/mol. The maximum absolute atomic E-state index is 13.0. The zero-order valence-electron chi connectivity index (χ0n) is 6.48. The Hall–Kier alpha value is -0.855. The maximum atomic E-state index is 13.0. The standard InChI is InChI=1S/C9H7BF2/c10-7-1-2-8-6(5-7)3-4-9(8,11)12/h1-2,5H,3-4H2. The fourth-order valence-corrected chi connectivity index (χ4v) is 1.60. The van der Waals surface area contributed by atoms with Gasteiger partial charge in [0.15, 0.2) is 0 Å². The Morgan fingerprint density at radius 1 is 1.33 bits per heavy atom. The molecule has 0 aliphatic heterocycles. The van der Waals surface area contributed by atoms with Crippen molar-refractivity contribution in [2.24, 2.45) is 0 Å². The van der Waals surface area contributed by atoms with E-state index in [-0.39, 0.29) is 12.0 Å². The third kappa shape index (κ3) is 1.04. The summed E-state index contributed by atoms with van der Waals surface area (Å²) in [6.07, 6.45) is 0.360. The summed E-state index contributed by atoms with van der Waals surface area (Å²) < 4.78 is 26.1. The highest BCUT2D eigenvalue weighted by molar-refractivity contribution is 6.32. The molecule has 0 nitrogen and oxygen atoms in total. The van der Waals surface area contributed by atoms with Crippen LogP contribution in [0.4, 0.5) is 8.78 Å². The van der Waals surface area contributed by atoms with Gasteiger partial charge in [-0.3, -0.25) is 0 Å². The minimum absolute atomic E-state index is 0.0776. The average Bonchev–Trinajstić information content (AvgIpc) is 2.27. The largest absolute Gasteiger partial charge is 0.273 e. The number of hydrogen-bond donors (Lipinski definition) is 0. The normalized spacial score (nSPS) is 19.2. The number of benzene rings is 1. The smallest absolute Gasteiger partial charge is 0.201 e. The van der Waals surface area contributed by atoms with Gasteiger partial charge in [0.1, 0.15) is 7.85 Å². The molecule has 12 heavy (non-hydrogen) atoms. The molecule has 1 aromatic carbocycles. The molecule has 0 fully saturated rings. The fourth-order valence-electron chi connectivity index (χ4n) is 1.60. The third-order valence-corrected chi connectivity index (χ3v) is 2.23. The number of fused-ring (bicyclic) bond motifs is 1. The Labute approximate surface area is 71.0 Å². The third-order valence-electron chi connectivity index (χ3n) is 2.23. The van der Waals surface area contributed by atoms with Crippen molar-refractivity contribution in [3.63, 3.8) is 0 Å². The fraction of sp³-hybridized carbons (Fsp3) is 0.333. The van der Waals surface area contributed by atoms with Gasteiger partial charge in [0.05, 0.1) is 0 Å². The maximum Gasteiger partial charge on any atom is 0.273 e. The van der Waals surface area contributed by atoms with Gasteiger partial charge in [-0.05, 0) is 12.0 Å². The lowest BCUT2D eigenvalue weighted by atomic mass is 9.92. The first kappa shape index (κ1) is 7.78. The van der Waals surface area contributed by atoms with E-state index in [2.05, 4.69) is 0 Å². The van der Waals surface area contributed by atoms with Crippen LogP contribution in [0.3, 0.4) is 0 Å². The quantitative estimate of drug-likeness (QED) is 0.510. The van der Waals surface area contributed by atoms with Crippen molar-refractivity contribution in [1.29, 1.82) is 0 Å². The lowest BCUT2D eigenvalue weighted by molar-refractivity contribution is -0.00182. The molecule has 0 amide bonds. The minimum atomic E-state index is -2.64. The lowest BCUT2D eigenvalue weighted by Gasteiger charge is -2.09. The van der Waals surface area contributed by atoms with E-state index in [0.29, 0.717) is 17.4 Å². The summed E-state index contributed by atoms with van der Waals surface area (Å²) in [5.74, 6) is -2.64. The second-order valence-electron chi connectivity index (χ2n) is 3.12. The van der Waals surface area contributed by atoms with Crippen molar-refractivity contribution in [1.82, 2.24) is 0 Å². The summed E-state index contributed by atoms with van der Waals surface area (Å²) >= 11 is 0. The van der Waals surface area contributed by atoms with Crippen molar-refractivity contribution >= 4 is 13.3 Å². The van der Waals surface area contributed by atoms with Gasteiger partial charge < -0.3 is 0 Å². The van der Waals surface area contributed by atoms with Gasteiger partial charge in [0.2, 0.25) is 0 Å². The zero-order chi connectivity index (χ0) is 8.77. The van der Waals surface area contributed by atoms with E-state index in [0.717, 1.165) is 0 Å². The van der Waals surface area contributed by atoms with Gasteiger partial charge in [-0.15, -0.1) is 0 Å². The molecule has 2 radical (unpaired) electrons. The van der Waals surface area contributed by atoms with E-state index >= 15 is 0 Å². The monoisotopic (exact) mass is 164 g/mol. The van der Waals surface area contributed by atoms with Crippen LogP contribution in [0.15, 0.2) is 18.2 Å². The molecule has 0 heterocycles. The van der Waals surface area contributed by atoms with Crippen LogP contribution in [-0.4, -0.2) is 7.85 Å². The van der Waals surface area contributed by atoms with Crippen LogP contribution in [0.1, 0.15) is 17.5 Å². The van der Waals surface area contributed by atoms with Gasteiger partial charge in [-0.1, -0.05) is 23.7 Å². The molecule has 1 aliphatic rings. The van der Waals surface area contributed by atoms with Gasteiger partial charge in [-0.2, -0.15) is 0 Å². The Balaban J connectivity index is 2.55. The van der Waals surface area contributed by atoms with Crippen LogP contribution in [0.2, 0.25) is 0 Å². The summed E-state index contributed by atoms with van der Waals surface area (Å²) in [4.78, 5) is 0. The molecule has 0 saturated carbocycles. The summed E-state index contributed by atoms with van der Waals surface area (Å²) in [5.41, 5.74) is 1.41. The van der Waals surface area contributed by atoms with E-state index < -0.39 is 5.92 Å². The minimum Gasteiger partial charge on any atom is -0.201 e. The Bertz CT molecular complexity index is 320. The molecular formula is C9H7BF2. The number of alkyl halides is 2. The summed E-state index contributed by atoms with van der Waals surface area (Å²) in [5, 5.41) is 0. The topological polar surface area (TPSA) is 0 Å². The van der Waals surface area contributed by atoms with Crippen LogP contribution in [0.5, 0.6) is 0 Å². The summed E-state index contributed by atoms with van der Waals surface area (Å²) in [6, 6.07) is 4.59. The van der Waals surface area contributed by atoms with Crippen LogP contribution in [-0.2, 0) is 12.3 Å². The SMILES string of the molecule is [B]c1ccc2c(c1)CCC2(F)F. The lowest BCUT2D eigenvalue weighted by Crippen LogP contribution is -2.09. The van der Waals surface area contributed by atoms with Gasteiger partial charge in [-0.25, -0.2) is 8.78 Å². The molecule has 0 atom stereocenters. The van der Waals surface area contributed by atoms with E-state index in [1.165, 1.54) is 12.1 Å². The predicted octanol–water partition coefficient (Wildman–Crippen LogP) is 1.52. The molecule has 2 rings (SSSR count). The van der Waals surface area contributed by atoms with Crippen LogP contribution in [0, 0.1) is 0 Å². The van der Waals surface area contributed by atoms with Gasteiger partial charge in [0.25, 0.3) is 5.92 Å². The molecule has 0 bridgehead atoms. The first-order chi connectivity index (χ1) is 5.59. The van der Waals surface area contributed by atoms with Crippen molar-refractivity contribution in [2.75, 3.05) is 0 Å². The molecule has 1 aromatic rings. The zero-order valence-corrected chi connectivity index (χ0v) is 6.48. The van der Waals surface area contributed by atoms with Crippen LogP contribution in [0.25, 0.3) is 0 Å². The molecule has 0 unspecified atom stereocenters. The number of halogens is 2. The molecule has 3 heteroatoms. The second kappa shape index (κ2) is 2.31. The van der Waals surface area contributed by atoms with E-state index in [9.17, 15) is 8.78 Å². The van der Waals surface area contributed by atoms with E-state index in [4.69, 9.17) is 7.85 Å². The Kier molecular flexibility index (Phi) is 1.50. The van der Waals surface area contributed by atoms with Crippen LogP contribution < -0.4 is 5.46 Å². The number of hydrogen-bond acceptors (Lipinski definition) is 0. The highest BCUT2D eigenvalue weighted by atomic mass is 19.3. The summed E-state index contributed by atoms with van der Waals surface area (Å²) in [7, 11) is 5.47. The molecule has 60 valence electrons. The first-order valence-corrected chi connectivity index (χ1v) is 3.86. The van der Waals surface area contributed by atoms with Crippen molar-refractivity contribution < 1.29 is 8.78 Å². The van der Waals surface area contributed by atoms with Crippen molar-refractivity contribution in [2.45, 2.75) is 18.8 Å². The number of aryl methyl sites for hydroxylation is 1. The Morgan fingerprint density at radius 3 is 2.83 bits per heavy atom. The van der Waals surface area contributed by atoms with E-state index in [1.54, 1.807) is 6.07 Å². The highest BCUT2D eigenvalue weighted by Gasteiger charge is 2.38. The molecule has 0 spiro atoms. The van der Waals surface area contributed by atoms with Gasteiger partial charge >= 0.3 is 0 Å². The molecule has 0 saturated heterocycles. The number of rotatable bonds is 0. The van der Waals surface area contributed by atoms with Crippen molar-refractivity contribution in [3.05, 3.63) is 29.3 Å². The molecule has 0 N–H and O–H groups in total. The van der Waals surface area contributed by atoms with Gasteiger partial charge in [0, 0.05) is 12.0 Å². The van der Waals surface area contributed by atoms with Crippen LogP contribution >= 0.6 is 0 Å². The Morgan fingerprint density at radius 2 is 2.08 bits per heavy atom. The van der Waals surface area contributed by atoms with Crippen molar-refractivity contribution in [3.8, 4) is 0 Å². The molecule has 1 aliphatic carbocycles. The summed E-state index contributed by atoms with van der Waals surface area (Å²) in [6.45, 7) is 0. The predicted molar refractivity (Wildman–Crippen MR) is 44.0 cm³/mol. The highest BCUT2D eigenvalue weighted by Crippen LogP contribution is 2.40. The average molecular weight is 164 g/mol.